The maximum Gasteiger partial charge on any atom is 0.573 e. The Hall–Kier alpha value is -2.55. The number of carbonyl (C=O) groups is 2. The smallest absolute Gasteiger partial charge is 0.461 e. The number of aliphatic hydroxyl groups is 1. The number of alkyl halides is 3. The normalized spacial score (nSPS) is 21.4. The van der Waals surface area contributed by atoms with Crippen LogP contribution in [0, 0.1) is 5.92 Å². The van der Waals surface area contributed by atoms with Crippen LogP contribution >= 0.6 is 0 Å². The largest absolute Gasteiger partial charge is 0.573 e. The molecule has 1 aliphatic rings. The lowest BCUT2D eigenvalue weighted by Crippen LogP contribution is -2.39. The molecule has 1 aromatic carbocycles. The zero-order chi connectivity index (χ0) is 20.2. The van der Waals surface area contributed by atoms with Gasteiger partial charge in [-0.05, 0) is 23.8 Å². The van der Waals surface area contributed by atoms with Crippen molar-refractivity contribution in [3.63, 3.8) is 0 Å². The maximum atomic E-state index is 12.2. The summed E-state index contributed by atoms with van der Waals surface area (Å²) in [5, 5.41) is 9.60. The van der Waals surface area contributed by atoms with E-state index in [2.05, 4.69) is 4.74 Å². The third-order valence-electron chi connectivity index (χ3n) is 3.78. The van der Waals surface area contributed by atoms with Crippen LogP contribution < -0.4 is 4.74 Å². The van der Waals surface area contributed by atoms with Gasteiger partial charge in [-0.3, -0.25) is 4.79 Å². The molecule has 2 rings (SSSR count). The van der Waals surface area contributed by atoms with Gasteiger partial charge in [0.25, 0.3) is 0 Å². The topological polar surface area (TPSA) is 82.1 Å². The minimum absolute atomic E-state index is 0.00545. The van der Waals surface area contributed by atoms with Crippen LogP contribution in [-0.2, 0) is 19.1 Å². The summed E-state index contributed by atoms with van der Waals surface area (Å²) < 4.78 is 50.5. The van der Waals surface area contributed by atoms with Crippen molar-refractivity contribution in [1.82, 2.24) is 0 Å². The van der Waals surface area contributed by atoms with Gasteiger partial charge in [-0.25, -0.2) is 4.79 Å². The summed E-state index contributed by atoms with van der Waals surface area (Å²) in [5.74, 6) is -1.94. The van der Waals surface area contributed by atoms with Crippen molar-refractivity contribution in [3.05, 3.63) is 35.4 Å². The van der Waals surface area contributed by atoms with Crippen molar-refractivity contribution in [1.29, 1.82) is 0 Å². The van der Waals surface area contributed by atoms with Crippen LogP contribution in [0.5, 0.6) is 5.75 Å². The van der Waals surface area contributed by atoms with E-state index in [1.54, 1.807) is 13.8 Å². The van der Waals surface area contributed by atoms with E-state index in [0.717, 1.165) is 12.1 Å². The molecular formula is C18H19F3O6. The number of hydrogen-bond donors (Lipinski definition) is 1. The Bertz CT molecular complexity index is 724. The molecule has 6 nitrogen and oxygen atoms in total. The third kappa shape index (κ3) is 5.72. The molecule has 148 valence electrons. The molecule has 9 heteroatoms. The van der Waals surface area contributed by atoms with Crippen LogP contribution in [0.2, 0.25) is 0 Å². The standard InChI is InChI=1S/C18H19F3O6/c1-11(2)15(23)25-10-17(9-22)8-13(16(24)27-17)7-12-3-5-14(6-4-12)26-18(19,20)21/h3-7,11,22H,8-10H2,1-2H3/b13-7-. The van der Waals surface area contributed by atoms with E-state index in [1.165, 1.54) is 18.2 Å². The average Bonchev–Trinajstić information content (AvgIpc) is 2.89. The monoisotopic (exact) mass is 388 g/mol. The highest BCUT2D eigenvalue weighted by atomic mass is 19.4. The Labute approximate surface area is 153 Å². The lowest BCUT2D eigenvalue weighted by atomic mass is 9.98. The van der Waals surface area contributed by atoms with Gasteiger partial charge in [0.05, 0.1) is 12.5 Å². The molecule has 1 fully saturated rings. The first-order valence-electron chi connectivity index (χ1n) is 8.11. The van der Waals surface area contributed by atoms with Crippen LogP contribution in [0.3, 0.4) is 0 Å². The van der Waals surface area contributed by atoms with E-state index >= 15 is 0 Å². The SMILES string of the molecule is CC(C)C(=O)OCC1(CO)C/C(=C/c2ccc(OC(F)(F)F)cc2)C(=O)O1. The first-order valence-corrected chi connectivity index (χ1v) is 8.11. The average molecular weight is 388 g/mol. The van der Waals surface area contributed by atoms with Crippen molar-refractivity contribution in [2.45, 2.75) is 32.2 Å². The minimum Gasteiger partial charge on any atom is -0.461 e. The molecular weight excluding hydrogens is 369 g/mol. The number of rotatable bonds is 6. The van der Waals surface area contributed by atoms with Gasteiger partial charge >= 0.3 is 18.3 Å². The molecule has 1 aromatic rings. The highest BCUT2D eigenvalue weighted by molar-refractivity contribution is 5.96. The van der Waals surface area contributed by atoms with Gasteiger partial charge in [-0.15, -0.1) is 13.2 Å². The number of ether oxygens (including phenoxy) is 3. The predicted octanol–water partition coefficient (Wildman–Crippen LogP) is 2.85. The maximum absolute atomic E-state index is 12.2. The molecule has 0 saturated carbocycles. The highest BCUT2D eigenvalue weighted by Gasteiger charge is 2.44. The van der Waals surface area contributed by atoms with Crippen molar-refractivity contribution in [3.8, 4) is 5.75 Å². The molecule has 1 N–H and O–H groups in total. The van der Waals surface area contributed by atoms with Crippen LogP contribution in [0.15, 0.2) is 29.8 Å². The highest BCUT2D eigenvalue weighted by Crippen LogP contribution is 2.33. The molecule has 1 atom stereocenters. The van der Waals surface area contributed by atoms with E-state index < -0.39 is 30.5 Å². The predicted molar refractivity (Wildman–Crippen MR) is 87.4 cm³/mol. The molecule has 0 aliphatic carbocycles. The Kier molecular flexibility index (Phi) is 6.15. The minimum atomic E-state index is -4.79. The molecule has 0 spiro atoms. The summed E-state index contributed by atoms with van der Waals surface area (Å²) in [5.41, 5.74) is -0.717. The van der Waals surface area contributed by atoms with E-state index in [1.807, 2.05) is 0 Å². The van der Waals surface area contributed by atoms with Gasteiger partial charge in [0.15, 0.2) is 5.60 Å². The van der Waals surface area contributed by atoms with Crippen molar-refractivity contribution in [2.24, 2.45) is 5.92 Å². The van der Waals surface area contributed by atoms with Crippen LogP contribution in [0.4, 0.5) is 13.2 Å². The Morgan fingerprint density at radius 2 is 1.96 bits per heavy atom. The fraction of sp³-hybridized carbons (Fsp3) is 0.444. The number of esters is 2. The van der Waals surface area contributed by atoms with Crippen molar-refractivity contribution < 1.29 is 42.1 Å². The Morgan fingerprint density at radius 3 is 2.48 bits per heavy atom. The second kappa shape index (κ2) is 7.99. The molecule has 0 radical (unpaired) electrons. The molecule has 1 saturated heterocycles. The fourth-order valence-corrected chi connectivity index (χ4v) is 2.38. The van der Waals surface area contributed by atoms with E-state index in [9.17, 15) is 27.9 Å². The Morgan fingerprint density at radius 1 is 1.33 bits per heavy atom. The summed E-state index contributed by atoms with van der Waals surface area (Å²) in [4.78, 5) is 23.7. The third-order valence-corrected chi connectivity index (χ3v) is 3.78. The van der Waals surface area contributed by atoms with Crippen LogP contribution in [-0.4, -0.2) is 42.2 Å². The second-order valence-electron chi connectivity index (χ2n) is 6.46. The number of cyclic esters (lactones) is 1. The summed E-state index contributed by atoms with van der Waals surface area (Å²) >= 11 is 0. The van der Waals surface area contributed by atoms with Crippen molar-refractivity contribution in [2.75, 3.05) is 13.2 Å². The van der Waals surface area contributed by atoms with Gasteiger partial charge in [-0.1, -0.05) is 26.0 Å². The molecule has 1 aliphatic heterocycles. The molecule has 0 aromatic heterocycles. The quantitative estimate of drug-likeness (QED) is 0.596. The van der Waals surface area contributed by atoms with Gasteiger partial charge in [0, 0.05) is 12.0 Å². The molecule has 27 heavy (non-hydrogen) atoms. The van der Waals surface area contributed by atoms with E-state index in [-0.39, 0.29) is 30.3 Å². The summed E-state index contributed by atoms with van der Waals surface area (Å²) in [7, 11) is 0. The van der Waals surface area contributed by atoms with Crippen LogP contribution in [0.25, 0.3) is 6.08 Å². The zero-order valence-electron chi connectivity index (χ0n) is 14.7. The van der Waals surface area contributed by atoms with Gasteiger partial charge < -0.3 is 19.3 Å². The first kappa shape index (κ1) is 20.8. The second-order valence-corrected chi connectivity index (χ2v) is 6.46. The number of carbonyl (C=O) groups excluding carboxylic acids is 2. The van der Waals surface area contributed by atoms with Crippen LogP contribution in [0.1, 0.15) is 25.8 Å². The van der Waals surface area contributed by atoms with E-state index in [0.29, 0.717) is 5.56 Å². The fourth-order valence-electron chi connectivity index (χ4n) is 2.38. The number of hydrogen-bond acceptors (Lipinski definition) is 6. The lowest BCUT2D eigenvalue weighted by molar-refractivity contribution is -0.274. The summed E-state index contributed by atoms with van der Waals surface area (Å²) in [6, 6.07) is 4.92. The summed E-state index contributed by atoms with van der Waals surface area (Å²) in [6.07, 6.45) is -3.36. The number of benzene rings is 1. The summed E-state index contributed by atoms with van der Waals surface area (Å²) in [6.45, 7) is 2.46. The molecule has 0 amide bonds. The van der Waals surface area contributed by atoms with E-state index in [4.69, 9.17) is 9.47 Å². The zero-order valence-corrected chi connectivity index (χ0v) is 14.7. The van der Waals surface area contributed by atoms with Gasteiger partial charge in [-0.2, -0.15) is 0 Å². The first-order chi connectivity index (χ1) is 12.5. The molecule has 1 heterocycles. The van der Waals surface area contributed by atoms with Crippen molar-refractivity contribution >= 4 is 18.0 Å². The van der Waals surface area contributed by atoms with Gasteiger partial charge in [0.2, 0.25) is 0 Å². The van der Waals surface area contributed by atoms with Gasteiger partial charge in [0.1, 0.15) is 12.4 Å². The number of aliphatic hydroxyl groups excluding tert-OH is 1. The number of halogens is 3. The molecule has 1 unspecified atom stereocenters. The molecule has 0 bridgehead atoms. The lowest BCUT2D eigenvalue weighted by Gasteiger charge is -2.24. The Balaban J connectivity index is 2.10.